The molecule has 0 spiro atoms. The van der Waals surface area contributed by atoms with Crippen LogP contribution in [0.25, 0.3) is 0 Å². The zero-order chi connectivity index (χ0) is 10.8. The molecule has 0 heterocycles. The van der Waals surface area contributed by atoms with Crippen LogP contribution >= 0.6 is 0 Å². The zero-order valence-electron chi connectivity index (χ0n) is 10.6. The number of nitrogens with one attached hydrogen (secondary N) is 1. The summed E-state index contributed by atoms with van der Waals surface area (Å²) >= 11 is 0. The van der Waals surface area contributed by atoms with Crippen LogP contribution in [0.15, 0.2) is 0 Å². The van der Waals surface area contributed by atoms with Crippen molar-refractivity contribution in [2.45, 2.75) is 66.3 Å². The summed E-state index contributed by atoms with van der Waals surface area (Å²) in [4.78, 5) is 0. The fourth-order valence-electron chi connectivity index (χ4n) is 2.23. The van der Waals surface area contributed by atoms with E-state index >= 15 is 0 Å². The minimum atomic E-state index is 0.457. The molecule has 0 saturated heterocycles. The molecule has 1 rings (SSSR count). The molecule has 1 aliphatic carbocycles. The zero-order valence-corrected chi connectivity index (χ0v) is 10.6. The van der Waals surface area contributed by atoms with Gasteiger partial charge in [0.05, 0.1) is 0 Å². The summed E-state index contributed by atoms with van der Waals surface area (Å²) in [6.07, 6.45) is 5.41. The Bertz CT molecular complexity index is 182. The van der Waals surface area contributed by atoms with Gasteiger partial charge in [0.2, 0.25) is 0 Å². The van der Waals surface area contributed by atoms with Gasteiger partial charge in [-0.2, -0.15) is 0 Å². The van der Waals surface area contributed by atoms with Gasteiger partial charge in [-0.3, -0.25) is 0 Å². The lowest BCUT2D eigenvalue weighted by atomic mass is 9.85. The van der Waals surface area contributed by atoms with Gasteiger partial charge >= 0.3 is 0 Å². The molecule has 1 N–H and O–H groups in total. The fourth-order valence-corrected chi connectivity index (χ4v) is 2.23. The SMILES string of the molecule is CCC(C)(C)CNC1CCCC1(C)C. The highest BCUT2D eigenvalue weighted by Crippen LogP contribution is 2.37. The van der Waals surface area contributed by atoms with Crippen molar-refractivity contribution < 1.29 is 0 Å². The molecule has 0 aromatic carbocycles. The first-order valence-electron chi connectivity index (χ1n) is 6.11. The summed E-state index contributed by atoms with van der Waals surface area (Å²) in [5, 5.41) is 3.76. The van der Waals surface area contributed by atoms with Crippen molar-refractivity contribution in [2.75, 3.05) is 6.54 Å². The number of rotatable bonds is 4. The van der Waals surface area contributed by atoms with Crippen molar-refractivity contribution in [3.63, 3.8) is 0 Å². The second-order valence-corrected chi connectivity index (χ2v) is 6.33. The normalized spacial score (nSPS) is 26.8. The van der Waals surface area contributed by atoms with Gasteiger partial charge in [0.15, 0.2) is 0 Å². The van der Waals surface area contributed by atoms with Crippen LogP contribution in [0.3, 0.4) is 0 Å². The molecule has 14 heavy (non-hydrogen) atoms. The third-order valence-electron chi connectivity index (χ3n) is 4.04. The molecule has 0 bridgehead atoms. The maximum atomic E-state index is 3.76. The van der Waals surface area contributed by atoms with Crippen molar-refractivity contribution in [3.05, 3.63) is 0 Å². The maximum absolute atomic E-state index is 3.76. The first-order valence-corrected chi connectivity index (χ1v) is 6.11. The van der Waals surface area contributed by atoms with Gasteiger partial charge in [0.25, 0.3) is 0 Å². The first kappa shape index (κ1) is 12.0. The van der Waals surface area contributed by atoms with Gasteiger partial charge in [-0.05, 0) is 30.1 Å². The fraction of sp³-hybridized carbons (Fsp3) is 1.00. The molecule has 1 unspecified atom stereocenters. The van der Waals surface area contributed by atoms with Crippen molar-refractivity contribution in [2.24, 2.45) is 10.8 Å². The largest absolute Gasteiger partial charge is 0.313 e. The molecule has 0 aliphatic heterocycles. The molecule has 0 radical (unpaired) electrons. The highest BCUT2D eigenvalue weighted by Gasteiger charge is 2.34. The Morgan fingerprint density at radius 3 is 2.43 bits per heavy atom. The van der Waals surface area contributed by atoms with Crippen molar-refractivity contribution in [1.82, 2.24) is 5.32 Å². The highest BCUT2D eigenvalue weighted by atomic mass is 14.9. The molecule has 1 fully saturated rings. The summed E-state index contributed by atoms with van der Waals surface area (Å²) in [5.74, 6) is 0. The van der Waals surface area contributed by atoms with Crippen LogP contribution in [0.2, 0.25) is 0 Å². The van der Waals surface area contributed by atoms with Crippen molar-refractivity contribution in [3.8, 4) is 0 Å². The molecule has 1 heteroatoms. The van der Waals surface area contributed by atoms with E-state index in [9.17, 15) is 0 Å². The smallest absolute Gasteiger partial charge is 0.0118 e. The van der Waals surface area contributed by atoms with Crippen LogP contribution in [0, 0.1) is 10.8 Å². The van der Waals surface area contributed by atoms with Gasteiger partial charge in [-0.15, -0.1) is 0 Å². The Kier molecular flexibility index (Phi) is 3.63. The lowest BCUT2D eigenvalue weighted by Gasteiger charge is -2.32. The van der Waals surface area contributed by atoms with E-state index in [0.29, 0.717) is 10.8 Å². The Morgan fingerprint density at radius 2 is 2.00 bits per heavy atom. The second-order valence-electron chi connectivity index (χ2n) is 6.33. The quantitative estimate of drug-likeness (QED) is 0.726. The molecule has 84 valence electrons. The van der Waals surface area contributed by atoms with Crippen LogP contribution in [-0.2, 0) is 0 Å². The van der Waals surface area contributed by atoms with E-state index in [-0.39, 0.29) is 0 Å². The lowest BCUT2D eigenvalue weighted by Crippen LogP contribution is -2.42. The molecule has 1 nitrogen and oxygen atoms in total. The Morgan fingerprint density at radius 1 is 1.36 bits per heavy atom. The topological polar surface area (TPSA) is 12.0 Å². The molecule has 0 aromatic heterocycles. The molecular formula is C13H27N. The Labute approximate surface area is 89.7 Å². The predicted octanol–water partition coefficient (Wildman–Crippen LogP) is 3.59. The molecule has 1 aliphatic rings. The van der Waals surface area contributed by atoms with E-state index in [4.69, 9.17) is 0 Å². The lowest BCUT2D eigenvalue weighted by molar-refractivity contribution is 0.239. The Balaban J connectivity index is 2.38. The van der Waals surface area contributed by atoms with Crippen LogP contribution in [0.1, 0.15) is 60.3 Å². The summed E-state index contributed by atoms with van der Waals surface area (Å²) in [6.45, 7) is 12.9. The second kappa shape index (κ2) is 4.22. The first-order chi connectivity index (χ1) is 6.37. The van der Waals surface area contributed by atoms with Gasteiger partial charge < -0.3 is 5.32 Å². The van der Waals surface area contributed by atoms with Gasteiger partial charge in [-0.25, -0.2) is 0 Å². The van der Waals surface area contributed by atoms with E-state index in [1.54, 1.807) is 0 Å². The third-order valence-corrected chi connectivity index (χ3v) is 4.04. The summed E-state index contributed by atoms with van der Waals surface area (Å²) in [6, 6.07) is 0.744. The minimum Gasteiger partial charge on any atom is -0.313 e. The number of hydrogen-bond donors (Lipinski definition) is 1. The monoisotopic (exact) mass is 197 g/mol. The van der Waals surface area contributed by atoms with Crippen LogP contribution in [0.4, 0.5) is 0 Å². The molecule has 1 saturated carbocycles. The van der Waals surface area contributed by atoms with E-state index in [1.807, 2.05) is 0 Å². The van der Waals surface area contributed by atoms with Gasteiger partial charge in [0, 0.05) is 12.6 Å². The van der Waals surface area contributed by atoms with E-state index < -0.39 is 0 Å². The minimum absolute atomic E-state index is 0.457. The molecule has 0 aromatic rings. The summed E-state index contributed by atoms with van der Waals surface area (Å²) < 4.78 is 0. The molecule has 1 atom stereocenters. The van der Waals surface area contributed by atoms with Gasteiger partial charge in [-0.1, -0.05) is 41.0 Å². The molecule has 0 amide bonds. The highest BCUT2D eigenvalue weighted by molar-refractivity contribution is 4.91. The summed E-state index contributed by atoms with van der Waals surface area (Å²) in [5.41, 5.74) is 0.975. The van der Waals surface area contributed by atoms with E-state index in [1.165, 1.54) is 25.7 Å². The average molecular weight is 197 g/mol. The van der Waals surface area contributed by atoms with Crippen LogP contribution in [-0.4, -0.2) is 12.6 Å². The van der Waals surface area contributed by atoms with Crippen LogP contribution in [0.5, 0.6) is 0 Å². The number of hydrogen-bond acceptors (Lipinski definition) is 1. The average Bonchev–Trinajstić information content (AvgIpc) is 2.42. The van der Waals surface area contributed by atoms with Gasteiger partial charge in [0.1, 0.15) is 0 Å². The van der Waals surface area contributed by atoms with E-state index in [0.717, 1.165) is 12.6 Å². The standard InChI is InChI=1S/C13H27N/c1-6-12(2,3)10-14-11-8-7-9-13(11,4)5/h11,14H,6-10H2,1-5H3. The maximum Gasteiger partial charge on any atom is 0.0118 e. The Hall–Kier alpha value is -0.0400. The predicted molar refractivity (Wildman–Crippen MR) is 63.5 cm³/mol. The van der Waals surface area contributed by atoms with Crippen molar-refractivity contribution in [1.29, 1.82) is 0 Å². The summed E-state index contributed by atoms with van der Waals surface area (Å²) in [7, 11) is 0. The van der Waals surface area contributed by atoms with Crippen molar-refractivity contribution >= 4 is 0 Å². The van der Waals surface area contributed by atoms with E-state index in [2.05, 4.69) is 39.9 Å². The third kappa shape index (κ3) is 2.98. The van der Waals surface area contributed by atoms with Crippen LogP contribution < -0.4 is 5.32 Å². The molecular weight excluding hydrogens is 170 g/mol.